The minimum atomic E-state index is -4.59. The standard InChI is InChI=1S/C25H20ClF3N4O2/c1-30-11-16-9-17(13-31-12-16)23-21(35-14-15-3-5-18(26)6-4-15)8-7-19(24(23)34)20-10-22(25(27,28)29)33(2)32-20/h3-13,34H,14H2,1-2H3/b30-11+. The van der Waals surface area contributed by atoms with Crippen molar-refractivity contribution < 1.29 is 23.0 Å². The number of aliphatic imine (C=N–C) groups is 1. The van der Waals surface area contributed by atoms with Crippen molar-refractivity contribution in [2.45, 2.75) is 12.8 Å². The maximum absolute atomic E-state index is 13.3. The number of benzene rings is 2. The van der Waals surface area contributed by atoms with Gasteiger partial charge in [0.2, 0.25) is 0 Å². The third kappa shape index (κ3) is 5.30. The largest absolute Gasteiger partial charge is 0.506 e. The number of aryl methyl sites for hydroxylation is 1. The van der Waals surface area contributed by atoms with Gasteiger partial charge < -0.3 is 9.84 Å². The molecule has 35 heavy (non-hydrogen) atoms. The first kappa shape index (κ1) is 24.3. The highest BCUT2D eigenvalue weighted by molar-refractivity contribution is 6.30. The van der Waals surface area contributed by atoms with Crippen LogP contribution in [0, 0.1) is 0 Å². The molecule has 0 atom stereocenters. The van der Waals surface area contributed by atoms with Crippen molar-refractivity contribution in [3.8, 4) is 33.9 Å². The molecule has 180 valence electrons. The number of nitrogens with zero attached hydrogens (tertiary/aromatic N) is 4. The van der Waals surface area contributed by atoms with E-state index >= 15 is 0 Å². The van der Waals surface area contributed by atoms with Crippen LogP contribution in [0.3, 0.4) is 0 Å². The zero-order chi connectivity index (χ0) is 25.2. The quantitative estimate of drug-likeness (QED) is 0.322. The number of rotatable bonds is 6. The number of aromatic hydroxyl groups is 1. The predicted molar refractivity (Wildman–Crippen MR) is 128 cm³/mol. The molecule has 4 aromatic rings. The van der Waals surface area contributed by atoms with Crippen LogP contribution in [0.5, 0.6) is 11.5 Å². The van der Waals surface area contributed by atoms with Crippen molar-refractivity contribution in [2.24, 2.45) is 12.0 Å². The van der Waals surface area contributed by atoms with E-state index in [4.69, 9.17) is 16.3 Å². The number of hydrogen-bond acceptors (Lipinski definition) is 5. The summed E-state index contributed by atoms with van der Waals surface area (Å²) < 4.78 is 46.7. The Bertz CT molecular complexity index is 1380. The summed E-state index contributed by atoms with van der Waals surface area (Å²) >= 11 is 5.94. The van der Waals surface area contributed by atoms with E-state index in [1.165, 1.54) is 19.3 Å². The zero-order valence-electron chi connectivity index (χ0n) is 18.7. The van der Waals surface area contributed by atoms with E-state index < -0.39 is 11.9 Å². The molecule has 4 rings (SSSR count). The van der Waals surface area contributed by atoms with Crippen LogP contribution in [0.2, 0.25) is 5.02 Å². The van der Waals surface area contributed by atoms with Gasteiger partial charge in [-0.25, -0.2) is 0 Å². The molecular weight excluding hydrogens is 481 g/mol. The molecule has 1 N–H and O–H groups in total. The third-order valence-corrected chi connectivity index (χ3v) is 5.47. The second-order valence-electron chi connectivity index (χ2n) is 7.68. The van der Waals surface area contributed by atoms with Crippen LogP contribution in [0.15, 0.2) is 65.9 Å². The van der Waals surface area contributed by atoms with E-state index in [9.17, 15) is 18.3 Å². The lowest BCUT2D eigenvalue weighted by Gasteiger charge is -2.16. The van der Waals surface area contributed by atoms with Gasteiger partial charge >= 0.3 is 6.18 Å². The first-order chi connectivity index (χ1) is 16.7. The van der Waals surface area contributed by atoms with Crippen LogP contribution >= 0.6 is 11.6 Å². The number of aromatic nitrogens is 3. The number of ether oxygens (including phenoxy) is 1. The number of alkyl halides is 3. The van der Waals surface area contributed by atoms with E-state index in [0.29, 0.717) is 21.9 Å². The van der Waals surface area contributed by atoms with Crippen molar-refractivity contribution in [3.05, 3.63) is 82.8 Å². The normalized spacial score (nSPS) is 11.8. The van der Waals surface area contributed by atoms with Gasteiger partial charge in [0.1, 0.15) is 23.8 Å². The van der Waals surface area contributed by atoms with Crippen LogP contribution in [0.1, 0.15) is 16.8 Å². The second kappa shape index (κ2) is 9.79. The van der Waals surface area contributed by atoms with Gasteiger partial charge in [0, 0.05) is 54.4 Å². The summed E-state index contributed by atoms with van der Waals surface area (Å²) in [6.07, 6.45) is 0.137. The molecule has 0 unspecified atom stereocenters. The summed E-state index contributed by atoms with van der Waals surface area (Å²) in [4.78, 5) is 8.18. The molecule has 10 heteroatoms. The molecule has 2 heterocycles. The van der Waals surface area contributed by atoms with Crippen molar-refractivity contribution in [3.63, 3.8) is 0 Å². The minimum Gasteiger partial charge on any atom is -0.506 e. The van der Waals surface area contributed by atoms with Crippen LogP contribution in [-0.4, -0.2) is 33.1 Å². The van der Waals surface area contributed by atoms with Gasteiger partial charge in [0.25, 0.3) is 0 Å². The summed E-state index contributed by atoms with van der Waals surface area (Å²) in [5.74, 6) is 0.0402. The maximum atomic E-state index is 13.3. The fourth-order valence-corrected chi connectivity index (χ4v) is 3.72. The Morgan fingerprint density at radius 3 is 2.51 bits per heavy atom. The molecule has 0 aliphatic heterocycles. The first-order valence-corrected chi connectivity index (χ1v) is 10.8. The number of halogens is 4. The van der Waals surface area contributed by atoms with E-state index in [0.717, 1.165) is 16.3 Å². The van der Waals surface area contributed by atoms with Gasteiger partial charge in [0.05, 0.1) is 11.3 Å². The summed E-state index contributed by atoms with van der Waals surface area (Å²) in [5, 5.41) is 15.8. The Balaban J connectivity index is 1.82. The Kier molecular flexibility index (Phi) is 6.79. The highest BCUT2D eigenvalue weighted by Gasteiger charge is 2.35. The fourth-order valence-electron chi connectivity index (χ4n) is 3.60. The molecule has 0 saturated heterocycles. The molecule has 0 amide bonds. The van der Waals surface area contributed by atoms with Gasteiger partial charge in [-0.2, -0.15) is 18.3 Å². The minimum absolute atomic E-state index is 0.0259. The Morgan fingerprint density at radius 1 is 1.11 bits per heavy atom. The molecule has 6 nitrogen and oxygen atoms in total. The topological polar surface area (TPSA) is 72.5 Å². The average molecular weight is 501 g/mol. The lowest BCUT2D eigenvalue weighted by Crippen LogP contribution is -2.11. The molecule has 0 radical (unpaired) electrons. The Labute approximate surface area is 204 Å². The summed E-state index contributed by atoms with van der Waals surface area (Å²) in [6, 6.07) is 12.8. The van der Waals surface area contributed by atoms with E-state index in [2.05, 4.69) is 15.1 Å². The van der Waals surface area contributed by atoms with Gasteiger partial charge in [-0.05, 0) is 42.0 Å². The van der Waals surface area contributed by atoms with Gasteiger partial charge in [-0.15, -0.1) is 0 Å². The monoisotopic (exact) mass is 500 g/mol. The van der Waals surface area contributed by atoms with Crippen molar-refractivity contribution in [2.75, 3.05) is 7.05 Å². The first-order valence-electron chi connectivity index (χ1n) is 10.4. The summed E-state index contributed by atoms with van der Waals surface area (Å²) in [5.41, 5.74) is 1.46. The molecule has 0 saturated carbocycles. The third-order valence-electron chi connectivity index (χ3n) is 5.22. The SMILES string of the molecule is C/N=C/c1cncc(-c2c(OCc3ccc(Cl)cc3)ccc(-c3cc(C(F)(F)F)n(C)n3)c2O)c1. The van der Waals surface area contributed by atoms with Crippen molar-refractivity contribution in [1.29, 1.82) is 0 Å². The molecule has 0 fully saturated rings. The van der Waals surface area contributed by atoms with Crippen LogP contribution in [-0.2, 0) is 19.8 Å². The maximum Gasteiger partial charge on any atom is 0.433 e. The lowest BCUT2D eigenvalue weighted by atomic mass is 9.98. The average Bonchev–Trinajstić information content (AvgIpc) is 3.21. The number of hydrogen-bond donors (Lipinski definition) is 1. The molecule has 2 aromatic carbocycles. The predicted octanol–water partition coefficient (Wildman–Crippen LogP) is 6.15. The van der Waals surface area contributed by atoms with Gasteiger partial charge in [-0.3, -0.25) is 14.7 Å². The van der Waals surface area contributed by atoms with Crippen molar-refractivity contribution in [1.82, 2.24) is 14.8 Å². The Hall–Kier alpha value is -3.85. The number of phenolic OH excluding ortho intramolecular Hbond substituents is 1. The van der Waals surface area contributed by atoms with Crippen LogP contribution < -0.4 is 4.74 Å². The summed E-state index contributed by atoms with van der Waals surface area (Å²) in [6.45, 7) is 0.175. The Morgan fingerprint density at radius 2 is 1.86 bits per heavy atom. The van der Waals surface area contributed by atoms with Gasteiger partial charge in [-0.1, -0.05) is 23.7 Å². The molecule has 2 aromatic heterocycles. The lowest BCUT2D eigenvalue weighted by molar-refractivity contribution is -0.143. The highest BCUT2D eigenvalue weighted by Crippen LogP contribution is 2.45. The number of pyridine rings is 1. The van der Waals surface area contributed by atoms with Crippen LogP contribution in [0.25, 0.3) is 22.4 Å². The molecular formula is C25H20ClF3N4O2. The smallest absolute Gasteiger partial charge is 0.433 e. The van der Waals surface area contributed by atoms with E-state index in [-0.39, 0.29) is 29.2 Å². The summed E-state index contributed by atoms with van der Waals surface area (Å²) in [7, 11) is 2.82. The molecule has 0 aliphatic rings. The molecule has 0 aliphatic carbocycles. The molecule has 0 bridgehead atoms. The highest BCUT2D eigenvalue weighted by atomic mass is 35.5. The van der Waals surface area contributed by atoms with E-state index in [1.807, 2.05) is 12.1 Å². The number of phenols is 1. The fraction of sp³-hybridized carbons (Fsp3) is 0.160. The van der Waals surface area contributed by atoms with Crippen LogP contribution in [0.4, 0.5) is 13.2 Å². The zero-order valence-corrected chi connectivity index (χ0v) is 19.5. The van der Waals surface area contributed by atoms with Crippen molar-refractivity contribution >= 4 is 17.8 Å². The molecule has 0 spiro atoms. The van der Waals surface area contributed by atoms with E-state index in [1.54, 1.807) is 43.7 Å². The van der Waals surface area contributed by atoms with Gasteiger partial charge in [0.15, 0.2) is 0 Å². The second-order valence-corrected chi connectivity index (χ2v) is 8.12.